The normalized spacial score (nSPS) is 18.4. The van der Waals surface area contributed by atoms with E-state index in [2.05, 4.69) is 129 Å². The van der Waals surface area contributed by atoms with Crippen LogP contribution in [0.25, 0.3) is 0 Å². The van der Waals surface area contributed by atoms with E-state index in [-0.39, 0.29) is 12.6 Å². The van der Waals surface area contributed by atoms with Gasteiger partial charge in [-0.15, -0.1) is 0 Å². The van der Waals surface area contributed by atoms with Crippen LogP contribution in [0, 0.1) is 71.0 Å². The van der Waals surface area contributed by atoms with Crippen molar-refractivity contribution in [1.29, 1.82) is 0 Å². The Morgan fingerprint density at radius 3 is 0.754 bits per heavy atom. The minimum Gasteiger partial charge on any atom is -0.353 e. The van der Waals surface area contributed by atoms with Gasteiger partial charge in [0.1, 0.15) is 0 Å². The molecular formula is C64H128Br2O3. The van der Waals surface area contributed by atoms with Crippen LogP contribution in [-0.4, -0.2) is 36.5 Å². The van der Waals surface area contributed by atoms with Crippen molar-refractivity contribution in [3.63, 3.8) is 0 Å². The number of rotatable bonds is 52. The fraction of sp³-hybridized carbons (Fsp3) is 1.00. The first-order chi connectivity index (χ1) is 33.0. The van der Waals surface area contributed by atoms with Crippen LogP contribution >= 0.6 is 31.9 Å². The molecule has 5 heteroatoms. The first-order valence-corrected chi connectivity index (χ1v) is 33.3. The molecule has 0 amide bonds. The molecule has 0 spiro atoms. The van der Waals surface area contributed by atoms with Gasteiger partial charge in [0.15, 0.2) is 12.6 Å². The van der Waals surface area contributed by atoms with Crippen LogP contribution in [-0.2, 0) is 14.2 Å². The van der Waals surface area contributed by atoms with Crippen LogP contribution in [0.2, 0.25) is 0 Å². The molecule has 0 heterocycles. The molecule has 0 aliphatic heterocycles. The molecule has 0 radical (unpaired) electrons. The number of halogens is 2. The summed E-state index contributed by atoms with van der Waals surface area (Å²) in [5.74, 6) is 9.68. The van der Waals surface area contributed by atoms with Crippen LogP contribution in [0.1, 0.15) is 302 Å². The molecule has 0 aromatic heterocycles. The van der Waals surface area contributed by atoms with E-state index in [1.807, 2.05) is 0 Å². The maximum Gasteiger partial charge on any atom is 0.160 e. The summed E-state index contributed by atoms with van der Waals surface area (Å²) in [6.07, 6.45) is 41.0. The third kappa shape index (κ3) is 44.8. The summed E-state index contributed by atoms with van der Waals surface area (Å²) in [6.45, 7) is 36.3. The van der Waals surface area contributed by atoms with Crippen molar-refractivity contribution in [3.05, 3.63) is 0 Å². The zero-order valence-corrected chi connectivity index (χ0v) is 52.7. The molecule has 0 rings (SSSR count). The molecule has 0 N–H and O–H groups in total. The number of hydrogen-bond donors (Lipinski definition) is 0. The summed E-state index contributed by atoms with van der Waals surface area (Å²) in [5.41, 5.74) is 0. The second-order valence-electron chi connectivity index (χ2n) is 25.4. The van der Waals surface area contributed by atoms with Gasteiger partial charge in [-0.25, -0.2) is 0 Å². The monoisotopic (exact) mass is 1100 g/mol. The van der Waals surface area contributed by atoms with E-state index in [0.29, 0.717) is 0 Å². The molecule has 0 aliphatic rings. The van der Waals surface area contributed by atoms with E-state index >= 15 is 0 Å². The predicted octanol–water partition coefficient (Wildman–Crippen LogP) is 22.6. The Morgan fingerprint density at radius 2 is 0.493 bits per heavy atom. The highest BCUT2D eigenvalue weighted by atomic mass is 79.9. The second kappa shape index (κ2) is 47.3. The number of hydrogen-bond acceptors (Lipinski definition) is 3. The Labute approximate surface area is 453 Å². The zero-order chi connectivity index (χ0) is 51.7. The molecule has 14 unspecified atom stereocenters. The molecule has 0 aliphatic carbocycles. The highest BCUT2D eigenvalue weighted by Crippen LogP contribution is 2.32. The largest absolute Gasteiger partial charge is 0.353 e. The van der Waals surface area contributed by atoms with Gasteiger partial charge < -0.3 is 14.2 Å². The molecule has 0 fully saturated rings. The minimum atomic E-state index is -0.164. The topological polar surface area (TPSA) is 27.7 Å². The maximum atomic E-state index is 6.93. The SMILES string of the molecule is CCCCCCCCOC(CCCC(C)CC(C)CC(C)CC(C)CC(C)CC(C)CCCBr)OC(CCCC(C)CC(C)CC(C)CC(C)CC(C)CC(C)CCCBr)OCCCCCCCC. The molecule has 14 atom stereocenters. The average molecular weight is 1110 g/mol. The van der Waals surface area contributed by atoms with Gasteiger partial charge in [0, 0.05) is 23.9 Å². The van der Waals surface area contributed by atoms with Crippen molar-refractivity contribution < 1.29 is 14.2 Å². The molecule has 0 aromatic rings. The van der Waals surface area contributed by atoms with Crippen molar-refractivity contribution in [2.45, 2.75) is 315 Å². The lowest BCUT2D eigenvalue weighted by Crippen LogP contribution is -2.28. The third-order valence-corrected chi connectivity index (χ3v) is 17.0. The van der Waals surface area contributed by atoms with E-state index in [9.17, 15) is 0 Å². The predicted molar refractivity (Wildman–Crippen MR) is 317 cm³/mol. The number of unbranched alkanes of at least 4 members (excludes halogenated alkanes) is 10. The average Bonchev–Trinajstić information content (AvgIpc) is 3.25. The first-order valence-electron chi connectivity index (χ1n) is 31.0. The highest BCUT2D eigenvalue weighted by Gasteiger charge is 2.22. The van der Waals surface area contributed by atoms with E-state index in [1.165, 1.54) is 180 Å². The van der Waals surface area contributed by atoms with Crippen LogP contribution in [0.4, 0.5) is 0 Å². The highest BCUT2D eigenvalue weighted by molar-refractivity contribution is 9.09. The molecule has 0 bridgehead atoms. The lowest BCUT2D eigenvalue weighted by Gasteiger charge is -2.27. The van der Waals surface area contributed by atoms with Gasteiger partial charge in [-0.1, -0.05) is 206 Å². The van der Waals surface area contributed by atoms with Crippen molar-refractivity contribution in [2.24, 2.45) is 71.0 Å². The van der Waals surface area contributed by atoms with E-state index in [1.54, 1.807) is 0 Å². The number of ether oxygens (including phenoxy) is 3. The summed E-state index contributed by atoms with van der Waals surface area (Å²) in [7, 11) is 0. The van der Waals surface area contributed by atoms with Crippen LogP contribution < -0.4 is 0 Å². The van der Waals surface area contributed by atoms with Crippen molar-refractivity contribution in [3.8, 4) is 0 Å². The summed E-state index contributed by atoms with van der Waals surface area (Å²) in [6, 6.07) is 0. The molecule has 0 saturated heterocycles. The Kier molecular flexibility index (Phi) is 47.9. The van der Waals surface area contributed by atoms with Gasteiger partial charge in [0.2, 0.25) is 0 Å². The molecule has 0 aromatic carbocycles. The van der Waals surface area contributed by atoms with Crippen LogP contribution in [0.3, 0.4) is 0 Å². The molecule has 69 heavy (non-hydrogen) atoms. The van der Waals surface area contributed by atoms with Gasteiger partial charge in [0.05, 0.1) is 0 Å². The van der Waals surface area contributed by atoms with Crippen molar-refractivity contribution >= 4 is 31.9 Å². The Balaban J connectivity index is 5.31. The minimum absolute atomic E-state index is 0.164. The molecule has 416 valence electrons. The molecule has 3 nitrogen and oxygen atoms in total. The zero-order valence-electron chi connectivity index (χ0n) is 49.5. The van der Waals surface area contributed by atoms with Gasteiger partial charge in [-0.3, -0.25) is 0 Å². The lowest BCUT2D eigenvalue weighted by atomic mass is 9.81. The van der Waals surface area contributed by atoms with Crippen LogP contribution in [0.15, 0.2) is 0 Å². The summed E-state index contributed by atoms with van der Waals surface area (Å²) in [4.78, 5) is 0. The van der Waals surface area contributed by atoms with E-state index < -0.39 is 0 Å². The summed E-state index contributed by atoms with van der Waals surface area (Å²) >= 11 is 7.24. The second-order valence-corrected chi connectivity index (χ2v) is 27.0. The Morgan fingerprint density at radius 1 is 0.261 bits per heavy atom. The van der Waals surface area contributed by atoms with Crippen LogP contribution in [0.5, 0.6) is 0 Å². The summed E-state index contributed by atoms with van der Waals surface area (Å²) < 4.78 is 20.2. The third-order valence-electron chi connectivity index (χ3n) is 15.9. The van der Waals surface area contributed by atoms with Crippen molar-refractivity contribution in [1.82, 2.24) is 0 Å². The first kappa shape index (κ1) is 69.8. The molecular weight excluding hydrogens is 977 g/mol. The number of alkyl halides is 2. The van der Waals surface area contributed by atoms with Gasteiger partial charge in [-0.05, 0) is 199 Å². The van der Waals surface area contributed by atoms with E-state index in [4.69, 9.17) is 14.2 Å². The van der Waals surface area contributed by atoms with Gasteiger partial charge in [0.25, 0.3) is 0 Å². The Bertz CT molecular complexity index is 978. The Hall–Kier alpha value is 0.840. The standard InChI is InChI=1S/C64H128Br2O3/c1-15-17-19-21-23-25-39-67-63(35-27-31-51(3)41-55(7)45-59(11)49-61(13)47-57(9)43-53(5)33-29-37-65)69-64(68-40-26-24-22-20-18-16-2)36-28-32-52(4)42-56(8)46-60(12)50-62(14)48-58(10)44-54(6)34-30-38-66/h51-64H,15-50H2,1-14H3. The fourth-order valence-electron chi connectivity index (χ4n) is 13.0. The quantitative estimate of drug-likeness (QED) is 0.0345. The van der Waals surface area contributed by atoms with E-state index in [0.717, 1.165) is 121 Å². The fourth-order valence-corrected chi connectivity index (χ4v) is 13.6. The molecule has 0 saturated carbocycles. The lowest BCUT2D eigenvalue weighted by molar-refractivity contribution is -0.250. The van der Waals surface area contributed by atoms with Gasteiger partial charge >= 0.3 is 0 Å². The summed E-state index contributed by atoms with van der Waals surface area (Å²) in [5, 5.41) is 2.29. The van der Waals surface area contributed by atoms with Crippen molar-refractivity contribution in [2.75, 3.05) is 23.9 Å². The maximum absolute atomic E-state index is 6.93. The van der Waals surface area contributed by atoms with Gasteiger partial charge in [-0.2, -0.15) is 0 Å². The smallest absolute Gasteiger partial charge is 0.160 e.